The normalized spacial score (nSPS) is 12.4. The van der Waals surface area contributed by atoms with Gasteiger partial charge in [-0.3, -0.25) is 4.98 Å². The summed E-state index contributed by atoms with van der Waals surface area (Å²) in [6.45, 7) is 5.05. The number of nitrogens with one attached hydrogen (secondary N) is 1. The molecular weight excluding hydrogens is 331 g/mol. The van der Waals surface area contributed by atoms with Crippen molar-refractivity contribution in [2.45, 2.75) is 32.7 Å². The maximum atomic E-state index is 14.0. The molecule has 0 aliphatic rings. The molecule has 1 aromatic heterocycles. The van der Waals surface area contributed by atoms with E-state index in [-0.39, 0.29) is 11.9 Å². The topological polar surface area (TPSA) is 24.9 Å². The molecule has 2 nitrogen and oxygen atoms in total. The van der Waals surface area contributed by atoms with Crippen molar-refractivity contribution in [3.63, 3.8) is 0 Å². The molecular formula is C17H20BrFN2. The highest BCUT2D eigenvalue weighted by Gasteiger charge is 2.15. The van der Waals surface area contributed by atoms with Crippen LogP contribution in [0.25, 0.3) is 0 Å². The van der Waals surface area contributed by atoms with Gasteiger partial charge in [-0.25, -0.2) is 4.39 Å². The van der Waals surface area contributed by atoms with Crippen LogP contribution in [0.3, 0.4) is 0 Å². The summed E-state index contributed by atoms with van der Waals surface area (Å²) in [6.07, 6.45) is 3.43. The van der Waals surface area contributed by atoms with Crippen LogP contribution < -0.4 is 5.32 Å². The fraction of sp³-hybridized carbons (Fsp3) is 0.353. The quantitative estimate of drug-likeness (QED) is 0.824. The molecule has 0 spiro atoms. The van der Waals surface area contributed by atoms with E-state index in [2.05, 4.69) is 39.2 Å². The third-order valence-corrected chi connectivity index (χ3v) is 3.87. The van der Waals surface area contributed by atoms with Crippen LogP contribution in [0.15, 0.2) is 41.0 Å². The summed E-state index contributed by atoms with van der Waals surface area (Å²) in [5.41, 5.74) is 2.83. The van der Waals surface area contributed by atoms with Gasteiger partial charge in [0.25, 0.3) is 0 Å². The Morgan fingerprint density at radius 2 is 2.10 bits per heavy atom. The van der Waals surface area contributed by atoms with Gasteiger partial charge in [0.2, 0.25) is 0 Å². The van der Waals surface area contributed by atoms with Gasteiger partial charge in [0.15, 0.2) is 0 Å². The fourth-order valence-electron chi connectivity index (χ4n) is 2.26. The zero-order valence-electron chi connectivity index (χ0n) is 12.4. The Kier molecular flexibility index (Phi) is 5.88. The van der Waals surface area contributed by atoms with Gasteiger partial charge >= 0.3 is 0 Å². The lowest BCUT2D eigenvalue weighted by Gasteiger charge is -2.19. The molecule has 0 amide bonds. The maximum Gasteiger partial charge on any atom is 0.127 e. The molecule has 0 aliphatic heterocycles. The summed E-state index contributed by atoms with van der Waals surface area (Å²) in [7, 11) is 0. The van der Waals surface area contributed by atoms with E-state index in [1.54, 1.807) is 0 Å². The second kappa shape index (κ2) is 7.66. The lowest BCUT2D eigenvalue weighted by Crippen LogP contribution is -2.25. The van der Waals surface area contributed by atoms with E-state index in [0.29, 0.717) is 12.0 Å². The van der Waals surface area contributed by atoms with Crippen molar-refractivity contribution in [3.05, 3.63) is 63.6 Å². The van der Waals surface area contributed by atoms with Crippen LogP contribution in [0.2, 0.25) is 0 Å². The molecule has 0 aliphatic carbocycles. The number of hydrogen-bond acceptors (Lipinski definition) is 2. The van der Waals surface area contributed by atoms with Gasteiger partial charge in [-0.15, -0.1) is 0 Å². The van der Waals surface area contributed by atoms with E-state index in [1.807, 2.05) is 31.3 Å². The molecule has 112 valence electrons. The molecule has 0 bridgehead atoms. The number of nitrogens with zero attached hydrogens (tertiary/aromatic N) is 1. The van der Waals surface area contributed by atoms with Crippen LogP contribution in [-0.2, 0) is 6.42 Å². The molecule has 4 heteroatoms. The Morgan fingerprint density at radius 3 is 2.76 bits per heavy atom. The lowest BCUT2D eigenvalue weighted by atomic mass is 10.0. The van der Waals surface area contributed by atoms with Crippen molar-refractivity contribution in [2.75, 3.05) is 6.54 Å². The van der Waals surface area contributed by atoms with E-state index in [1.165, 1.54) is 11.6 Å². The Balaban J connectivity index is 2.23. The predicted octanol–water partition coefficient (Wildman–Crippen LogP) is 4.58. The first kappa shape index (κ1) is 16.1. The average Bonchev–Trinajstić information content (AvgIpc) is 2.45. The highest BCUT2D eigenvalue weighted by Crippen LogP contribution is 2.22. The summed E-state index contributed by atoms with van der Waals surface area (Å²) < 4.78 is 14.8. The molecule has 1 unspecified atom stereocenters. The Morgan fingerprint density at radius 1 is 1.29 bits per heavy atom. The first-order chi connectivity index (χ1) is 10.1. The summed E-state index contributed by atoms with van der Waals surface area (Å²) in [5, 5.41) is 3.46. The van der Waals surface area contributed by atoms with Crippen LogP contribution in [0.5, 0.6) is 0 Å². The van der Waals surface area contributed by atoms with Crippen molar-refractivity contribution >= 4 is 15.9 Å². The lowest BCUT2D eigenvalue weighted by molar-refractivity contribution is 0.503. The maximum absolute atomic E-state index is 14.0. The minimum absolute atomic E-state index is 0.0283. The second-order valence-corrected chi connectivity index (χ2v) is 6.12. The SMILES string of the molecule is CCCNC(Cc1ccc(Br)cc1F)c1cc(C)ccn1. The molecule has 0 saturated carbocycles. The van der Waals surface area contributed by atoms with E-state index in [4.69, 9.17) is 0 Å². The van der Waals surface area contributed by atoms with Crippen molar-refractivity contribution in [2.24, 2.45) is 0 Å². The van der Waals surface area contributed by atoms with Crippen LogP contribution in [-0.4, -0.2) is 11.5 Å². The van der Waals surface area contributed by atoms with Crippen LogP contribution in [0, 0.1) is 12.7 Å². The Hall–Kier alpha value is -1.26. The number of aryl methyl sites for hydroxylation is 1. The largest absolute Gasteiger partial charge is 0.308 e. The monoisotopic (exact) mass is 350 g/mol. The molecule has 1 N–H and O–H groups in total. The number of pyridine rings is 1. The fourth-order valence-corrected chi connectivity index (χ4v) is 2.59. The average molecular weight is 351 g/mol. The van der Waals surface area contributed by atoms with Gasteiger partial charge in [0, 0.05) is 10.7 Å². The number of halogens is 2. The number of rotatable bonds is 6. The van der Waals surface area contributed by atoms with Gasteiger partial charge in [-0.2, -0.15) is 0 Å². The number of hydrogen-bond donors (Lipinski definition) is 1. The first-order valence-corrected chi connectivity index (χ1v) is 7.99. The Bertz CT molecular complexity index is 601. The molecule has 2 rings (SSSR count). The van der Waals surface area contributed by atoms with Gasteiger partial charge < -0.3 is 5.32 Å². The van der Waals surface area contributed by atoms with Crippen molar-refractivity contribution in [1.82, 2.24) is 10.3 Å². The summed E-state index contributed by atoms with van der Waals surface area (Å²) in [4.78, 5) is 4.44. The number of benzene rings is 1. The third kappa shape index (κ3) is 4.61. The smallest absolute Gasteiger partial charge is 0.127 e. The van der Waals surface area contributed by atoms with Crippen molar-refractivity contribution < 1.29 is 4.39 Å². The molecule has 1 aromatic carbocycles. The molecule has 1 atom stereocenters. The summed E-state index contributed by atoms with van der Waals surface area (Å²) >= 11 is 3.29. The second-order valence-electron chi connectivity index (χ2n) is 5.20. The van der Waals surface area contributed by atoms with E-state index in [9.17, 15) is 4.39 Å². The minimum Gasteiger partial charge on any atom is -0.308 e. The van der Waals surface area contributed by atoms with Gasteiger partial charge in [-0.1, -0.05) is 28.9 Å². The number of aromatic nitrogens is 1. The molecule has 0 saturated heterocycles. The predicted molar refractivity (Wildman–Crippen MR) is 87.8 cm³/mol. The molecule has 2 aromatic rings. The highest BCUT2D eigenvalue weighted by molar-refractivity contribution is 9.10. The van der Waals surface area contributed by atoms with E-state index < -0.39 is 0 Å². The molecule has 21 heavy (non-hydrogen) atoms. The summed E-state index contributed by atoms with van der Waals surface area (Å²) in [5.74, 6) is -0.180. The minimum atomic E-state index is -0.180. The first-order valence-electron chi connectivity index (χ1n) is 7.20. The highest BCUT2D eigenvalue weighted by atomic mass is 79.9. The van der Waals surface area contributed by atoms with Crippen molar-refractivity contribution in [3.8, 4) is 0 Å². The van der Waals surface area contributed by atoms with Gasteiger partial charge in [0.1, 0.15) is 5.82 Å². The van der Waals surface area contributed by atoms with Crippen molar-refractivity contribution in [1.29, 1.82) is 0 Å². The molecule has 1 heterocycles. The van der Waals surface area contributed by atoms with Gasteiger partial charge in [0.05, 0.1) is 11.7 Å². The van der Waals surface area contributed by atoms with E-state index in [0.717, 1.165) is 23.1 Å². The van der Waals surface area contributed by atoms with Crippen LogP contribution in [0.1, 0.15) is 36.2 Å². The summed E-state index contributed by atoms with van der Waals surface area (Å²) in [6, 6.07) is 9.27. The third-order valence-electron chi connectivity index (χ3n) is 3.37. The standard InChI is InChI=1S/C17H20BrFN2/c1-3-7-20-17(16-9-12(2)6-8-21-16)10-13-4-5-14(18)11-15(13)19/h4-6,8-9,11,17,20H,3,7,10H2,1-2H3. The zero-order valence-corrected chi connectivity index (χ0v) is 14.0. The van der Waals surface area contributed by atoms with Crippen LogP contribution in [0.4, 0.5) is 4.39 Å². The molecule has 0 fully saturated rings. The van der Waals surface area contributed by atoms with Gasteiger partial charge in [-0.05, 0) is 61.7 Å². The van der Waals surface area contributed by atoms with Crippen LogP contribution >= 0.6 is 15.9 Å². The zero-order chi connectivity index (χ0) is 15.2. The molecule has 0 radical (unpaired) electrons. The Labute approximate surface area is 133 Å². The van der Waals surface area contributed by atoms with E-state index >= 15 is 0 Å².